The largest absolute Gasteiger partial charge is 0.328 e. The van der Waals surface area contributed by atoms with E-state index in [-0.39, 0.29) is 11.9 Å². The van der Waals surface area contributed by atoms with Crippen molar-refractivity contribution in [2.75, 3.05) is 0 Å². The van der Waals surface area contributed by atoms with Gasteiger partial charge in [0.1, 0.15) is 5.82 Å². The van der Waals surface area contributed by atoms with E-state index in [4.69, 9.17) is 5.73 Å². The van der Waals surface area contributed by atoms with Crippen molar-refractivity contribution in [3.63, 3.8) is 0 Å². The normalized spacial score (nSPS) is 28.5. The molecule has 1 aromatic rings. The highest BCUT2D eigenvalue weighted by molar-refractivity contribution is 5.26. The Morgan fingerprint density at radius 1 is 1.38 bits per heavy atom. The number of nitrogens with two attached hydrogens (primary N) is 1. The molecule has 0 aliphatic heterocycles. The van der Waals surface area contributed by atoms with Crippen LogP contribution in [0.3, 0.4) is 0 Å². The Labute approximate surface area is 77.8 Å². The van der Waals surface area contributed by atoms with Gasteiger partial charge in [-0.3, -0.25) is 0 Å². The predicted octanol–water partition coefficient (Wildman–Crippen LogP) is 2.28. The second kappa shape index (κ2) is 3.11. The van der Waals surface area contributed by atoms with E-state index < -0.39 is 0 Å². The Morgan fingerprint density at radius 2 is 2.00 bits per heavy atom. The number of rotatable bonds is 2. The lowest BCUT2D eigenvalue weighted by atomic mass is 10.1. The SMILES string of the molecule is CC(N)C1CC1c1ccc(F)cc1. The third-order valence-electron chi connectivity index (χ3n) is 2.81. The molecule has 13 heavy (non-hydrogen) atoms. The maximum Gasteiger partial charge on any atom is 0.123 e. The Hall–Kier alpha value is -0.890. The predicted molar refractivity (Wildman–Crippen MR) is 50.9 cm³/mol. The molecule has 0 saturated heterocycles. The first-order valence-electron chi connectivity index (χ1n) is 4.69. The minimum absolute atomic E-state index is 0.165. The van der Waals surface area contributed by atoms with Gasteiger partial charge in [0.2, 0.25) is 0 Å². The van der Waals surface area contributed by atoms with Crippen LogP contribution in [-0.2, 0) is 0 Å². The first kappa shape index (κ1) is 8.70. The van der Waals surface area contributed by atoms with Crippen LogP contribution in [0.1, 0.15) is 24.8 Å². The van der Waals surface area contributed by atoms with Gasteiger partial charge in [0.25, 0.3) is 0 Å². The second-order valence-electron chi connectivity index (χ2n) is 3.92. The highest BCUT2D eigenvalue weighted by Crippen LogP contribution is 2.48. The molecule has 1 nitrogen and oxygen atoms in total. The molecule has 1 aliphatic carbocycles. The van der Waals surface area contributed by atoms with Crippen molar-refractivity contribution in [2.45, 2.75) is 25.3 Å². The van der Waals surface area contributed by atoms with Crippen molar-refractivity contribution in [3.8, 4) is 0 Å². The van der Waals surface area contributed by atoms with E-state index in [0.29, 0.717) is 11.8 Å². The molecule has 0 spiro atoms. The minimum Gasteiger partial charge on any atom is -0.328 e. The van der Waals surface area contributed by atoms with Crippen molar-refractivity contribution in [1.82, 2.24) is 0 Å². The molecule has 2 rings (SSSR count). The number of benzene rings is 1. The molecule has 0 bridgehead atoms. The summed E-state index contributed by atoms with van der Waals surface area (Å²) in [5.74, 6) is 1.01. The summed E-state index contributed by atoms with van der Waals surface area (Å²) < 4.78 is 12.6. The van der Waals surface area contributed by atoms with Crippen LogP contribution in [0.2, 0.25) is 0 Å². The quantitative estimate of drug-likeness (QED) is 0.740. The van der Waals surface area contributed by atoms with E-state index >= 15 is 0 Å². The van der Waals surface area contributed by atoms with E-state index in [0.717, 1.165) is 6.42 Å². The third-order valence-corrected chi connectivity index (χ3v) is 2.81. The van der Waals surface area contributed by atoms with Crippen molar-refractivity contribution >= 4 is 0 Å². The van der Waals surface area contributed by atoms with Crippen molar-refractivity contribution in [2.24, 2.45) is 11.7 Å². The van der Waals surface area contributed by atoms with E-state index in [1.807, 2.05) is 19.1 Å². The van der Waals surface area contributed by atoms with E-state index in [9.17, 15) is 4.39 Å². The van der Waals surface area contributed by atoms with Crippen LogP contribution in [0, 0.1) is 11.7 Å². The lowest BCUT2D eigenvalue weighted by molar-refractivity contribution is 0.622. The lowest BCUT2D eigenvalue weighted by Crippen LogP contribution is -2.17. The third kappa shape index (κ3) is 1.73. The van der Waals surface area contributed by atoms with E-state index in [1.165, 1.54) is 17.7 Å². The smallest absolute Gasteiger partial charge is 0.123 e. The average molecular weight is 179 g/mol. The molecule has 1 saturated carbocycles. The topological polar surface area (TPSA) is 26.0 Å². The van der Waals surface area contributed by atoms with Gasteiger partial charge in [-0.05, 0) is 42.9 Å². The van der Waals surface area contributed by atoms with Crippen molar-refractivity contribution in [3.05, 3.63) is 35.6 Å². The standard InChI is InChI=1S/C11H14FN/c1-7(13)10-6-11(10)8-2-4-9(12)5-3-8/h2-5,7,10-11H,6,13H2,1H3. The summed E-state index contributed by atoms with van der Waals surface area (Å²) in [5, 5.41) is 0. The Bertz CT molecular complexity index is 291. The van der Waals surface area contributed by atoms with E-state index in [1.54, 1.807) is 0 Å². The summed E-state index contributed by atoms with van der Waals surface area (Å²) >= 11 is 0. The van der Waals surface area contributed by atoms with Crippen LogP contribution in [0.15, 0.2) is 24.3 Å². The lowest BCUT2D eigenvalue weighted by Gasteiger charge is -2.03. The number of hydrogen-bond donors (Lipinski definition) is 1. The summed E-state index contributed by atoms with van der Waals surface area (Å²) in [7, 11) is 0. The molecule has 2 heteroatoms. The molecule has 1 aromatic carbocycles. The molecule has 0 heterocycles. The minimum atomic E-state index is -0.165. The average Bonchev–Trinajstić information content (AvgIpc) is 2.85. The Morgan fingerprint density at radius 3 is 2.46 bits per heavy atom. The monoisotopic (exact) mass is 179 g/mol. The highest BCUT2D eigenvalue weighted by atomic mass is 19.1. The first-order chi connectivity index (χ1) is 6.18. The zero-order valence-corrected chi connectivity index (χ0v) is 7.70. The van der Waals surface area contributed by atoms with Gasteiger partial charge >= 0.3 is 0 Å². The zero-order valence-electron chi connectivity index (χ0n) is 7.70. The summed E-state index contributed by atoms with van der Waals surface area (Å²) in [4.78, 5) is 0. The van der Waals surface area contributed by atoms with Gasteiger partial charge in [0.15, 0.2) is 0 Å². The van der Waals surface area contributed by atoms with Gasteiger partial charge < -0.3 is 5.73 Å². The maximum absolute atomic E-state index is 12.6. The number of hydrogen-bond acceptors (Lipinski definition) is 1. The molecule has 3 unspecified atom stereocenters. The summed E-state index contributed by atoms with van der Waals surface area (Å²) in [6.45, 7) is 2.04. The molecule has 1 aliphatic rings. The number of halogens is 1. The summed E-state index contributed by atoms with van der Waals surface area (Å²) in [5.41, 5.74) is 7.01. The Balaban J connectivity index is 2.08. The maximum atomic E-state index is 12.6. The van der Waals surface area contributed by atoms with Crippen LogP contribution >= 0.6 is 0 Å². The van der Waals surface area contributed by atoms with Crippen LogP contribution in [0.25, 0.3) is 0 Å². The van der Waals surface area contributed by atoms with Crippen LogP contribution in [0.4, 0.5) is 4.39 Å². The van der Waals surface area contributed by atoms with E-state index in [2.05, 4.69) is 0 Å². The van der Waals surface area contributed by atoms with Gasteiger partial charge in [0, 0.05) is 6.04 Å². The van der Waals surface area contributed by atoms with Gasteiger partial charge in [0.05, 0.1) is 0 Å². The van der Waals surface area contributed by atoms with Crippen LogP contribution in [-0.4, -0.2) is 6.04 Å². The van der Waals surface area contributed by atoms with Gasteiger partial charge in [-0.15, -0.1) is 0 Å². The van der Waals surface area contributed by atoms with Crippen molar-refractivity contribution < 1.29 is 4.39 Å². The zero-order chi connectivity index (χ0) is 9.42. The fourth-order valence-electron chi connectivity index (χ4n) is 1.89. The second-order valence-corrected chi connectivity index (χ2v) is 3.92. The molecular weight excluding hydrogens is 165 g/mol. The van der Waals surface area contributed by atoms with Crippen molar-refractivity contribution in [1.29, 1.82) is 0 Å². The molecule has 0 amide bonds. The summed E-state index contributed by atoms with van der Waals surface area (Å²) in [6, 6.07) is 7.03. The van der Waals surface area contributed by atoms with Crippen LogP contribution in [0.5, 0.6) is 0 Å². The fraction of sp³-hybridized carbons (Fsp3) is 0.455. The summed E-state index contributed by atoms with van der Waals surface area (Å²) in [6.07, 6.45) is 1.16. The molecule has 0 radical (unpaired) electrons. The molecule has 70 valence electrons. The highest BCUT2D eigenvalue weighted by Gasteiger charge is 2.40. The molecule has 1 fully saturated rings. The molecule has 0 aromatic heterocycles. The molecule has 3 atom stereocenters. The van der Waals surface area contributed by atoms with Gasteiger partial charge in [-0.25, -0.2) is 4.39 Å². The Kier molecular flexibility index (Phi) is 2.08. The molecule has 2 N–H and O–H groups in total. The van der Waals surface area contributed by atoms with Gasteiger partial charge in [-0.1, -0.05) is 12.1 Å². The van der Waals surface area contributed by atoms with Gasteiger partial charge in [-0.2, -0.15) is 0 Å². The molecular formula is C11H14FN. The first-order valence-corrected chi connectivity index (χ1v) is 4.69. The van der Waals surface area contributed by atoms with Crippen LogP contribution < -0.4 is 5.73 Å². The fourth-order valence-corrected chi connectivity index (χ4v) is 1.89.